The van der Waals surface area contributed by atoms with Gasteiger partial charge in [0.25, 0.3) is 0 Å². The molecule has 0 bridgehead atoms. The number of aliphatic hydroxyl groups is 1. The van der Waals surface area contributed by atoms with Crippen molar-refractivity contribution in [1.29, 1.82) is 0 Å². The zero-order valence-corrected chi connectivity index (χ0v) is 28.6. The minimum Gasteiger partial charge on any atom is -0.372 e. The largest absolute Gasteiger partial charge is 0.372 e. The van der Waals surface area contributed by atoms with Crippen LogP contribution in [-0.4, -0.2) is 69.4 Å². The number of ketones is 2. The van der Waals surface area contributed by atoms with Crippen LogP contribution in [0.1, 0.15) is 76.6 Å². The van der Waals surface area contributed by atoms with Crippen molar-refractivity contribution in [3.05, 3.63) is 101 Å². The van der Waals surface area contributed by atoms with Gasteiger partial charge in [-0.05, 0) is 85.2 Å². The van der Waals surface area contributed by atoms with E-state index in [-0.39, 0.29) is 11.4 Å². The number of piperidine rings is 1. The van der Waals surface area contributed by atoms with Crippen LogP contribution in [0.15, 0.2) is 78.4 Å². The smallest absolute Gasteiger partial charge is 0.240 e. The Balaban J connectivity index is 1.50. The zero-order chi connectivity index (χ0) is 33.5. The molecule has 46 heavy (non-hydrogen) atoms. The summed E-state index contributed by atoms with van der Waals surface area (Å²) in [5.74, 6) is -2.92. The second-order valence-corrected chi connectivity index (χ2v) is 14.0. The van der Waals surface area contributed by atoms with Crippen molar-refractivity contribution in [3.8, 4) is 0 Å². The molecule has 7 heteroatoms. The molecule has 3 aliphatic rings. The fraction of sp³-hybridized carbons (Fsp3) is 0.462. The average molecular weight is 626 g/mol. The number of fused-ring (bicyclic) bond motifs is 1. The van der Waals surface area contributed by atoms with E-state index in [9.17, 15) is 14.7 Å². The van der Waals surface area contributed by atoms with Gasteiger partial charge in [0.2, 0.25) is 11.5 Å². The lowest BCUT2D eigenvalue weighted by Gasteiger charge is -2.52. The molecule has 1 saturated carbocycles. The molecule has 2 aliphatic heterocycles. The van der Waals surface area contributed by atoms with Crippen LogP contribution < -0.4 is 0 Å². The third-order valence-corrected chi connectivity index (χ3v) is 10.2. The van der Waals surface area contributed by atoms with Crippen molar-refractivity contribution in [2.75, 3.05) is 26.2 Å². The molecule has 244 valence electrons. The zero-order valence-electron chi connectivity index (χ0n) is 28.6. The number of hydrogen-bond donors (Lipinski definition) is 1. The van der Waals surface area contributed by atoms with E-state index in [1.165, 1.54) is 22.4 Å². The van der Waals surface area contributed by atoms with Crippen LogP contribution in [0.2, 0.25) is 0 Å². The van der Waals surface area contributed by atoms with E-state index in [0.717, 1.165) is 24.4 Å². The Hall–Kier alpha value is -3.65. The van der Waals surface area contributed by atoms with Crippen LogP contribution in [0.5, 0.6) is 0 Å². The first kappa shape index (κ1) is 33.7. The average Bonchev–Trinajstić information content (AvgIpc) is 3.04. The Morgan fingerprint density at radius 3 is 1.96 bits per heavy atom. The Morgan fingerprint density at radius 2 is 1.41 bits per heavy atom. The van der Waals surface area contributed by atoms with Crippen LogP contribution in [0.4, 0.5) is 0 Å². The number of carbonyl (C=O) groups is 2. The van der Waals surface area contributed by atoms with Crippen molar-refractivity contribution in [2.45, 2.75) is 79.6 Å². The fourth-order valence-corrected chi connectivity index (χ4v) is 6.97. The third-order valence-electron chi connectivity index (χ3n) is 10.2. The van der Waals surface area contributed by atoms with E-state index < -0.39 is 28.0 Å². The molecule has 2 fully saturated rings. The number of rotatable bonds is 7. The maximum Gasteiger partial charge on any atom is 0.240 e. The van der Waals surface area contributed by atoms with Crippen LogP contribution >= 0.6 is 0 Å². The summed E-state index contributed by atoms with van der Waals surface area (Å²) in [6.07, 6.45) is 9.34. The molecular weight excluding hydrogens is 576 g/mol. The number of Topliss-reactive ketones (excluding diaryl/α,β-unsaturated/α-hetero) is 2. The van der Waals surface area contributed by atoms with Gasteiger partial charge in [-0.1, -0.05) is 53.6 Å². The van der Waals surface area contributed by atoms with E-state index >= 15 is 0 Å². The van der Waals surface area contributed by atoms with Gasteiger partial charge in [-0.15, -0.1) is 0 Å². The van der Waals surface area contributed by atoms with Gasteiger partial charge in [-0.3, -0.25) is 9.59 Å². The Morgan fingerprint density at radius 1 is 0.870 bits per heavy atom. The molecular formula is C39H49N2O5+. The number of nitrogens with zero attached hydrogens (tertiary/aromatic N) is 2. The summed E-state index contributed by atoms with van der Waals surface area (Å²) < 4.78 is 2.34. The fourth-order valence-electron chi connectivity index (χ4n) is 6.97. The molecule has 0 aromatic heterocycles. The van der Waals surface area contributed by atoms with Crippen molar-refractivity contribution < 1.29 is 29.0 Å². The molecule has 2 heterocycles. The monoisotopic (exact) mass is 625 g/mol. The van der Waals surface area contributed by atoms with Crippen molar-refractivity contribution in [3.63, 3.8) is 0 Å². The third kappa shape index (κ3) is 5.85. The molecule has 1 aliphatic carbocycles. The highest BCUT2D eigenvalue weighted by Gasteiger charge is 2.68. The van der Waals surface area contributed by atoms with Gasteiger partial charge in [-0.2, -0.15) is 4.89 Å². The summed E-state index contributed by atoms with van der Waals surface area (Å²) >= 11 is 0. The van der Waals surface area contributed by atoms with Crippen molar-refractivity contribution in [2.24, 2.45) is 10.8 Å². The topological polar surface area (TPSA) is 79.1 Å². The van der Waals surface area contributed by atoms with Crippen LogP contribution in [0.3, 0.4) is 0 Å². The molecule has 0 radical (unpaired) electrons. The molecule has 1 spiro atoms. The number of hydrogen-bond acceptors (Lipinski definition) is 6. The summed E-state index contributed by atoms with van der Waals surface area (Å²) in [6.45, 7) is 18.1. The predicted octanol–water partition coefficient (Wildman–Crippen LogP) is 6.36. The molecule has 5 rings (SSSR count). The Labute approximate surface area is 273 Å². The maximum absolute atomic E-state index is 13.6. The van der Waals surface area contributed by atoms with Crippen LogP contribution in [0.25, 0.3) is 5.70 Å². The minimum atomic E-state index is -2.13. The summed E-state index contributed by atoms with van der Waals surface area (Å²) in [4.78, 5) is 40.8. The van der Waals surface area contributed by atoms with Gasteiger partial charge < -0.3 is 10.0 Å². The molecule has 1 atom stereocenters. The predicted molar refractivity (Wildman–Crippen MR) is 181 cm³/mol. The molecule has 1 N–H and O–H groups in total. The van der Waals surface area contributed by atoms with Gasteiger partial charge in [0.05, 0.1) is 16.4 Å². The standard InChI is InChI=1S/C39H49N2O5/c1-9-40(10-2)32(29-18-14-27(3)15-19-29)12-11-13-33(30-20-16-28(4)17-21-30)41-24-22-38(23-25-41)26-31-34(42)36(5,6)35(43)37(7,8)39(31,44)46-45-38/h11-21,26,44H,9-10,22-25H2,1-8H3/q+1. The van der Waals surface area contributed by atoms with E-state index in [2.05, 4.69) is 104 Å². The normalized spacial score (nSPS) is 25.9. The molecule has 0 amide bonds. The first-order chi connectivity index (χ1) is 21.7. The van der Waals surface area contributed by atoms with Gasteiger partial charge in [0.15, 0.2) is 11.6 Å². The lowest BCUT2D eigenvalue weighted by Crippen LogP contribution is -2.67. The Kier molecular flexibility index (Phi) is 9.17. The van der Waals surface area contributed by atoms with E-state index in [0.29, 0.717) is 25.9 Å². The Bertz CT molecular complexity index is 1610. The first-order valence-electron chi connectivity index (χ1n) is 16.5. The summed E-state index contributed by atoms with van der Waals surface area (Å²) in [5.41, 5.74) is 3.61. The van der Waals surface area contributed by atoms with Gasteiger partial charge in [-0.25, -0.2) is 9.46 Å². The lowest BCUT2D eigenvalue weighted by molar-refractivity contribution is -0.561. The van der Waals surface area contributed by atoms with Gasteiger partial charge in [0.1, 0.15) is 18.7 Å². The molecule has 1 saturated heterocycles. The van der Waals surface area contributed by atoms with Crippen molar-refractivity contribution in [1.82, 2.24) is 4.90 Å². The second-order valence-electron chi connectivity index (χ2n) is 14.0. The van der Waals surface area contributed by atoms with E-state index in [1.54, 1.807) is 33.8 Å². The number of aryl methyl sites for hydroxylation is 2. The highest BCUT2D eigenvalue weighted by Crippen LogP contribution is 2.53. The molecule has 7 nitrogen and oxygen atoms in total. The van der Waals surface area contributed by atoms with Crippen LogP contribution in [0, 0.1) is 24.7 Å². The number of carbonyl (C=O) groups excluding carboxylic acids is 2. The highest BCUT2D eigenvalue weighted by atomic mass is 17.2. The number of allylic oxidation sites excluding steroid dienone is 3. The lowest BCUT2D eigenvalue weighted by atomic mass is 9.57. The van der Waals surface area contributed by atoms with Crippen LogP contribution in [-0.2, 0) is 19.4 Å². The van der Waals surface area contributed by atoms with E-state index in [4.69, 9.17) is 9.78 Å². The van der Waals surface area contributed by atoms with Crippen molar-refractivity contribution >= 4 is 23.0 Å². The molecule has 1 unspecified atom stereocenters. The number of benzene rings is 2. The summed E-state index contributed by atoms with van der Waals surface area (Å²) in [5, 5.41) is 11.5. The SMILES string of the molecule is CCN(CC)/C(=C\C=C\C(c1ccc(C)cc1)=[N+]1CCC2(C=C3C(=O)C(C)(C)C(=O)C(C)(C)C3(O)OO2)CC1)c1ccc(C)cc1. The summed E-state index contributed by atoms with van der Waals surface area (Å²) in [6, 6.07) is 17.2. The summed E-state index contributed by atoms with van der Waals surface area (Å²) in [7, 11) is 0. The molecule has 2 aromatic rings. The first-order valence-corrected chi connectivity index (χ1v) is 16.5. The second kappa shape index (κ2) is 12.5. The van der Waals surface area contributed by atoms with Gasteiger partial charge in [0, 0.05) is 43.3 Å². The quantitative estimate of drug-likeness (QED) is 0.167. The highest BCUT2D eigenvalue weighted by molar-refractivity contribution is 6.19. The van der Waals surface area contributed by atoms with Gasteiger partial charge >= 0.3 is 0 Å². The minimum absolute atomic E-state index is 0.120. The molecule has 2 aromatic carbocycles. The van der Waals surface area contributed by atoms with E-state index in [1.807, 2.05) is 0 Å². The maximum atomic E-state index is 13.6.